The first-order valence-electron chi connectivity index (χ1n) is 6.46. The summed E-state index contributed by atoms with van der Waals surface area (Å²) in [5, 5.41) is 6.65. The highest BCUT2D eigenvalue weighted by molar-refractivity contribution is 7.85. The average Bonchev–Trinajstić information content (AvgIpc) is 2.86. The second-order valence-corrected chi connectivity index (χ2v) is 6.60. The molecule has 2 aromatic heterocycles. The normalized spacial score (nSPS) is 23.4. The Bertz CT molecular complexity index is 675. The molecule has 9 heteroatoms. The molecule has 0 aliphatic carbocycles. The van der Waals surface area contributed by atoms with Gasteiger partial charge in [-0.3, -0.25) is 4.21 Å². The first-order valence-corrected chi connectivity index (χ1v) is 7.95. The van der Waals surface area contributed by atoms with E-state index in [1.807, 2.05) is 0 Å². The third-order valence-electron chi connectivity index (χ3n) is 3.41. The number of nitrogens with one attached hydrogen (secondary N) is 1. The molecule has 21 heavy (non-hydrogen) atoms. The quantitative estimate of drug-likeness (QED) is 0.921. The summed E-state index contributed by atoms with van der Waals surface area (Å²) in [6, 6.07) is 1.06. The Hall–Kier alpha value is -1.64. The van der Waals surface area contributed by atoms with E-state index in [1.165, 1.54) is 16.9 Å². The van der Waals surface area contributed by atoms with Gasteiger partial charge in [0, 0.05) is 46.8 Å². The van der Waals surface area contributed by atoms with Crippen molar-refractivity contribution in [3.8, 4) is 0 Å². The van der Waals surface area contributed by atoms with Gasteiger partial charge in [0.05, 0.1) is 0 Å². The minimum Gasteiger partial charge on any atom is -0.365 e. The molecule has 1 saturated heterocycles. The van der Waals surface area contributed by atoms with Gasteiger partial charge in [0.1, 0.15) is 5.52 Å². The Morgan fingerprint density at radius 3 is 2.71 bits per heavy atom. The second-order valence-electron chi connectivity index (χ2n) is 4.90. The average molecular weight is 318 g/mol. The highest BCUT2D eigenvalue weighted by Crippen LogP contribution is 2.30. The van der Waals surface area contributed by atoms with Crippen LogP contribution in [0.2, 0.25) is 0 Å². The molecule has 114 valence electrons. The van der Waals surface area contributed by atoms with Gasteiger partial charge >= 0.3 is 6.18 Å². The highest BCUT2D eigenvalue weighted by Gasteiger charge is 2.34. The first kappa shape index (κ1) is 14.3. The summed E-state index contributed by atoms with van der Waals surface area (Å²) >= 11 is 0. The molecular formula is C12H13F3N4OS. The molecule has 0 spiro atoms. The Kier molecular flexibility index (Phi) is 3.60. The number of rotatable bonds is 2. The summed E-state index contributed by atoms with van der Waals surface area (Å²) in [7, 11) is -0.780. The van der Waals surface area contributed by atoms with Gasteiger partial charge < -0.3 is 5.32 Å². The van der Waals surface area contributed by atoms with Crippen molar-refractivity contribution in [3.05, 3.63) is 24.2 Å². The van der Waals surface area contributed by atoms with Crippen LogP contribution >= 0.6 is 0 Å². The van der Waals surface area contributed by atoms with Gasteiger partial charge in [0.25, 0.3) is 0 Å². The number of halogens is 3. The van der Waals surface area contributed by atoms with Gasteiger partial charge in [-0.05, 0) is 12.8 Å². The van der Waals surface area contributed by atoms with Crippen LogP contribution in [0.3, 0.4) is 0 Å². The lowest BCUT2D eigenvalue weighted by Gasteiger charge is -2.23. The van der Waals surface area contributed by atoms with E-state index >= 15 is 0 Å². The Morgan fingerprint density at radius 1 is 1.33 bits per heavy atom. The zero-order valence-corrected chi connectivity index (χ0v) is 11.7. The van der Waals surface area contributed by atoms with Gasteiger partial charge in [-0.2, -0.15) is 18.3 Å². The molecule has 3 heterocycles. The van der Waals surface area contributed by atoms with Crippen molar-refractivity contribution in [1.29, 1.82) is 0 Å². The molecule has 0 atom stereocenters. The fourth-order valence-corrected chi connectivity index (χ4v) is 3.60. The van der Waals surface area contributed by atoms with E-state index in [0.29, 0.717) is 17.3 Å². The van der Waals surface area contributed by atoms with Crippen LogP contribution in [-0.2, 0) is 17.0 Å². The molecule has 3 rings (SSSR count). The molecule has 2 aromatic rings. The third kappa shape index (κ3) is 3.02. The van der Waals surface area contributed by atoms with Crippen molar-refractivity contribution in [2.45, 2.75) is 25.1 Å². The summed E-state index contributed by atoms with van der Waals surface area (Å²) in [6.45, 7) is 0. The minimum atomic E-state index is -4.48. The van der Waals surface area contributed by atoms with Gasteiger partial charge in [-0.25, -0.2) is 9.50 Å². The van der Waals surface area contributed by atoms with E-state index in [9.17, 15) is 17.4 Å². The maximum atomic E-state index is 12.7. The topological polar surface area (TPSA) is 59.3 Å². The molecular weight excluding hydrogens is 305 g/mol. The van der Waals surface area contributed by atoms with Crippen LogP contribution in [0.5, 0.6) is 0 Å². The molecule has 1 N–H and O–H groups in total. The molecule has 1 aliphatic heterocycles. The SMILES string of the molecule is O=S1CCC(Nc2nccn3nc(C(F)(F)F)cc23)CC1. The van der Waals surface area contributed by atoms with Gasteiger partial charge in [-0.1, -0.05) is 0 Å². The number of nitrogens with zero attached hydrogens (tertiary/aromatic N) is 3. The number of aromatic nitrogens is 3. The van der Waals surface area contributed by atoms with Gasteiger partial charge in [-0.15, -0.1) is 0 Å². The second kappa shape index (κ2) is 5.28. The number of fused-ring (bicyclic) bond motifs is 1. The smallest absolute Gasteiger partial charge is 0.365 e. The van der Waals surface area contributed by atoms with E-state index < -0.39 is 22.7 Å². The molecule has 0 unspecified atom stereocenters. The number of anilines is 1. The summed E-state index contributed by atoms with van der Waals surface area (Å²) < 4.78 is 50.6. The fourth-order valence-electron chi connectivity index (χ4n) is 2.30. The van der Waals surface area contributed by atoms with E-state index in [0.717, 1.165) is 18.9 Å². The minimum absolute atomic E-state index is 0.0747. The van der Waals surface area contributed by atoms with Crippen molar-refractivity contribution in [2.75, 3.05) is 16.8 Å². The van der Waals surface area contributed by atoms with E-state index in [4.69, 9.17) is 0 Å². The predicted octanol–water partition coefficient (Wildman–Crippen LogP) is 2.07. The molecule has 0 radical (unpaired) electrons. The van der Waals surface area contributed by atoms with Crippen LogP contribution in [-0.4, -0.2) is 36.4 Å². The number of alkyl halides is 3. The molecule has 0 bridgehead atoms. The maximum absolute atomic E-state index is 12.7. The lowest BCUT2D eigenvalue weighted by molar-refractivity contribution is -0.141. The van der Waals surface area contributed by atoms with E-state index in [2.05, 4.69) is 15.4 Å². The predicted molar refractivity (Wildman–Crippen MR) is 72.5 cm³/mol. The molecule has 1 aliphatic rings. The van der Waals surface area contributed by atoms with E-state index in [-0.39, 0.29) is 11.6 Å². The maximum Gasteiger partial charge on any atom is 0.435 e. The molecule has 0 aromatic carbocycles. The third-order valence-corrected chi connectivity index (χ3v) is 4.79. The zero-order valence-electron chi connectivity index (χ0n) is 10.9. The summed E-state index contributed by atoms with van der Waals surface area (Å²) in [5.74, 6) is 1.58. The van der Waals surface area contributed by atoms with Crippen molar-refractivity contribution in [3.63, 3.8) is 0 Å². The van der Waals surface area contributed by atoms with Gasteiger partial charge in [0.2, 0.25) is 0 Å². The Labute approximate surface area is 121 Å². The first-order chi connectivity index (χ1) is 9.93. The zero-order chi connectivity index (χ0) is 15.0. The number of hydrogen-bond donors (Lipinski definition) is 1. The van der Waals surface area contributed by atoms with Crippen LogP contribution < -0.4 is 5.32 Å². The van der Waals surface area contributed by atoms with Crippen LogP contribution in [0, 0.1) is 0 Å². The standard InChI is InChI=1S/C12H13F3N4OS/c13-12(14,15)10-7-9-11(16-3-4-19(9)18-10)17-8-1-5-21(20)6-2-8/h3-4,7-8H,1-2,5-6H2,(H,16,17). The fraction of sp³-hybridized carbons (Fsp3) is 0.500. The van der Waals surface area contributed by atoms with Crippen molar-refractivity contribution >= 4 is 22.1 Å². The molecule has 0 saturated carbocycles. The van der Waals surface area contributed by atoms with Gasteiger partial charge in [0.15, 0.2) is 11.5 Å². The highest BCUT2D eigenvalue weighted by atomic mass is 32.2. The van der Waals surface area contributed by atoms with Crippen LogP contribution in [0.15, 0.2) is 18.5 Å². The van der Waals surface area contributed by atoms with Crippen LogP contribution in [0.4, 0.5) is 19.0 Å². The molecule has 5 nitrogen and oxygen atoms in total. The van der Waals surface area contributed by atoms with Crippen molar-refractivity contribution in [2.24, 2.45) is 0 Å². The van der Waals surface area contributed by atoms with Crippen molar-refractivity contribution < 1.29 is 17.4 Å². The van der Waals surface area contributed by atoms with Crippen LogP contribution in [0.25, 0.3) is 5.52 Å². The summed E-state index contributed by atoms with van der Waals surface area (Å²) in [5.41, 5.74) is -0.653. The Morgan fingerprint density at radius 2 is 2.05 bits per heavy atom. The lowest BCUT2D eigenvalue weighted by atomic mass is 10.1. The monoisotopic (exact) mass is 318 g/mol. The molecule has 1 fully saturated rings. The summed E-state index contributed by atoms with van der Waals surface area (Å²) in [4.78, 5) is 4.10. The summed E-state index contributed by atoms with van der Waals surface area (Å²) in [6.07, 6.45) is -0.259. The Balaban J connectivity index is 1.88. The van der Waals surface area contributed by atoms with Crippen molar-refractivity contribution in [1.82, 2.24) is 14.6 Å². The number of hydrogen-bond acceptors (Lipinski definition) is 4. The van der Waals surface area contributed by atoms with Crippen LogP contribution in [0.1, 0.15) is 18.5 Å². The van der Waals surface area contributed by atoms with E-state index in [1.54, 1.807) is 0 Å². The largest absolute Gasteiger partial charge is 0.435 e. The lowest BCUT2D eigenvalue weighted by Crippen LogP contribution is -2.29. The molecule has 0 amide bonds.